The summed E-state index contributed by atoms with van der Waals surface area (Å²) in [6.07, 6.45) is 7.80. The Morgan fingerprint density at radius 2 is 2.22 bits per heavy atom. The highest BCUT2D eigenvalue weighted by molar-refractivity contribution is 5.70. The number of aryl methyl sites for hydroxylation is 1. The molecule has 0 bridgehead atoms. The van der Waals surface area contributed by atoms with Gasteiger partial charge < -0.3 is 10.3 Å². The predicted octanol–water partition coefficient (Wildman–Crippen LogP) is 2.96. The number of anilines is 1. The van der Waals surface area contributed by atoms with Crippen molar-refractivity contribution in [3.63, 3.8) is 0 Å². The summed E-state index contributed by atoms with van der Waals surface area (Å²) in [5, 5.41) is 0. The van der Waals surface area contributed by atoms with Crippen LogP contribution in [0.3, 0.4) is 0 Å². The summed E-state index contributed by atoms with van der Waals surface area (Å²) < 4.78 is 2.15. The number of pyridine rings is 1. The Morgan fingerprint density at radius 1 is 1.39 bits per heavy atom. The second kappa shape index (κ2) is 5.67. The third-order valence-electron chi connectivity index (χ3n) is 3.01. The second-order valence-electron chi connectivity index (χ2n) is 4.94. The largest absolute Gasteiger partial charge is 0.383 e. The Bertz CT molecular complexity index is 502. The Balaban J connectivity index is 2.15. The fourth-order valence-electron chi connectivity index (χ4n) is 2.03. The molecule has 0 aromatic carbocycles. The lowest BCUT2D eigenvalue weighted by Crippen LogP contribution is -2.02. The molecule has 0 amide bonds. The van der Waals surface area contributed by atoms with Gasteiger partial charge in [-0.15, -0.1) is 0 Å². The molecule has 2 aromatic heterocycles. The highest BCUT2D eigenvalue weighted by Crippen LogP contribution is 2.23. The smallest absolute Gasteiger partial charge is 0.132 e. The van der Waals surface area contributed by atoms with E-state index in [1.165, 1.54) is 6.42 Å². The lowest BCUT2D eigenvalue weighted by molar-refractivity contribution is 0.513. The number of nitrogens with zero attached hydrogens (tertiary/aromatic N) is 3. The molecule has 0 radical (unpaired) electrons. The third-order valence-corrected chi connectivity index (χ3v) is 3.01. The van der Waals surface area contributed by atoms with Gasteiger partial charge in [0.05, 0.1) is 18.2 Å². The number of rotatable bonds is 5. The molecule has 0 aliphatic heterocycles. The Kier molecular flexibility index (Phi) is 3.97. The first-order valence-corrected chi connectivity index (χ1v) is 6.39. The molecule has 2 heterocycles. The average molecular weight is 244 g/mol. The first-order chi connectivity index (χ1) is 8.68. The summed E-state index contributed by atoms with van der Waals surface area (Å²) in [6.45, 7) is 5.46. The van der Waals surface area contributed by atoms with Gasteiger partial charge in [-0.3, -0.25) is 0 Å². The summed E-state index contributed by atoms with van der Waals surface area (Å²) in [5.74, 6) is 1.29. The first kappa shape index (κ1) is 12.6. The minimum absolute atomic E-state index is 0.558. The maximum atomic E-state index is 5.91. The molecule has 18 heavy (non-hydrogen) atoms. The molecule has 2 N–H and O–H groups in total. The van der Waals surface area contributed by atoms with Crippen molar-refractivity contribution >= 4 is 5.82 Å². The zero-order valence-electron chi connectivity index (χ0n) is 11.0. The number of nitrogen functional groups attached to an aromatic ring is 1. The highest BCUT2D eigenvalue weighted by atomic mass is 15.0. The third kappa shape index (κ3) is 2.88. The molecule has 0 aliphatic carbocycles. The van der Waals surface area contributed by atoms with Crippen LogP contribution in [-0.4, -0.2) is 14.5 Å². The van der Waals surface area contributed by atoms with Gasteiger partial charge in [0, 0.05) is 18.3 Å². The van der Waals surface area contributed by atoms with E-state index in [0.29, 0.717) is 5.82 Å². The molecule has 96 valence electrons. The Hall–Kier alpha value is -1.84. The molecule has 0 unspecified atom stereocenters. The van der Waals surface area contributed by atoms with Gasteiger partial charge in [0.25, 0.3) is 0 Å². The van der Waals surface area contributed by atoms with Crippen LogP contribution in [0.5, 0.6) is 0 Å². The molecule has 2 rings (SSSR count). The Labute approximate surface area is 108 Å². The van der Waals surface area contributed by atoms with Crippen LogP contribution >= 0.6 is 0 Å². The van der Waals surface area contributed by atoms with Gasteiger partial charge in [-0.05, 0) is 30.9 Å². The number of hydrogen-bond acceptors (Lipinski definition) is 3. The number of imidazole rings is 1. The number of hydrogen-bond donors (Lipinski definition) is 1. The minimum atomic E-state index is 0.558. The normalized spacial score (nSPS) is 11.1. The van der Waals surface area contributed by atoms with E-state index in [2.05, 4.69) is 28.4 Å². The molecule has 0 spiro atoms. The molecular formula is C14H20N4. The summed E-state index contributed by atoms with van der Waals surface area (Å²) in [4.78, 5) is 8.34. The van der Waals surface area contributed by atoms with Crippen molar-refractivity contribution < 1.29 is 0 Å². The van der Waals surface area contributed by atoms with Crippen molar-refractivity contribution in [2.24, 2.45) is 5.92 Å². The van der Waals surface area contributed by atoms with Gasteiger partial charge in [0.2, 0.25) is 0 Å². The van der Waals surface area contributed by atoms with Crippen molar-refractivity contribution in [1.29, 1.82) is 0 Å². The van der Waals surface area contributed by atoms with Gasteiger partial charge in [-0.25, -0.2) is 9.97 Å². The van der Waals surface area contributed by atoms with E-state index in [-0.39, 0.29) is 0 Å². The second-order valence-corrected chi connectivity index (χ2v) is 4.94. The van der Waals surface area contributed by atoms with Crippen LogP contribution in [0.4, 0.5) is 5.82 Å². The van der Waals surface area contributed by atoms with Gasteiger partial charge in [-0.1, -0.05) is 13.8 Å². The van der Waals surface area contributed by atoms with Crippen LogP contribution in [-0.2, 0) is 6.54 Å². The van der Waals surface area contributed by atoms with Crippen molar-refractivity contribution in [3.05, 3.63) is 30.9 Å². The number of aromatic nitrogens is 3. The van der Waals surface area contributed by atoms with Crippen molar-refractivity contribution in [3.8, 4) is 11.3 Å². The van der Waals surface area contributed by atoms with Crippen LogP contribution in [0, 0.1) is 5.92 Å². The molecule has 0 fully saturated rings. The van der Waals surface area contributed by atoms with Gasteiger partial charge in [0.1, 0.15) is 5.82 Å². The van der Waals surface area contributed by atoms with E-state index in [4.69, 9.17) is 5.73 Å². The predicted molar refractivity (Wildman–Crippen MR) is 73.9 cm³/mol. The van der Waals surface area contributed by atoms with Crippen molar-refractivity contribution in [2.75, 3.05) is 5.73 Å². The molecule has 0 saturated heterocycles. The quantitative estimate of drug-likeness (QED) is 0.879. The van der Waals surface area contributed by atoms with Crippen LogP contribution in [0.1, 0.15) is 26.7 Å². The summed E-state index contributed by atoms with van der Waals surface area (Å²) in [6, 6.07) is 3.88. The maximum Gasteiger partial charge on any atom is 0.132 e. The van der Waals surface area contributed by atoms with Crippen molar-refractivity contribution in [2.45, 2.75) is 33.2 Å². The lowest BCUT2D eigenvalue weighted by Gasteiger charge is -2.10. The van der Waals surface area contributed by atoms with Crippen LogP contribution in [0.25, 0.3) is 11.3 Å². The van der Waals surface area contributed by atoms with E-state index in [1.54, 1.807) is 6.20 Å². The maximum absolute atomic E-state index is 5.91. The minimum Gasteiger partial charge on any atom is -0.383 e. The van der Waals surface area contributed by atoms with E-state index in [0.717, 1.165) is 30.1 Å². The van der Waals surface area contributed by atoms with E-state index < -0.39 is 0 Å². The molecule has 4 nitrogen and oxygen atoms in total. The average Bonchev–Trinajstić information content (AvgIpc) is 2.77. The molecular weight excluding hydrogens is 224 g/mol. The van der Waals surface area contributed by atoms with Crippen LogP contribution in [0.2, 0.25) is 0 Å². The van der Waals surface area contributed by atoms with Crippen LogP contribution in [0.15, 0.2) is 30.9 Å². The fraction of sp³-hybridized carbons (Fsp3) is 0.429. The van der Waals surface area contributed by atoms with Gasteiger partial charge in [-0.2, -0.15) is 0 Å². The monoisotopic (exact) mass is 244 g/mol. The zero-order chi connectivity index (χ0) is 13.0. The zero-order valence-corrected chi connectivity index (χ0v) is 11.0. The topological polar surface area (TPSA) is 56.7 Å². The highest BCUT2D eigenvalue weighted by Gasteiger charge is 2.08. The summed E-state index contributed by atoms with van der Waals surface area (Å²) in [7, 11) is 0. The number of nitrogens with two attached hydrogens (primary N) is 1. The molecule has 0 atom stereocenters. The lowest BCUT2D eigenvalue weighted by atomic mass is 10.1. The van der Waals surface area contributed by atoms with Gasteiger partial charge >= 0.3 is 0 Å². The molecule has 4 heteroatoms. The molecule has 2 aromatic rings. The summed E-state index contributed by atoms with van der Waals surface area (Å²) in [5.41, 5.74) is 7.91. The Morgan fingerprint density at radius 3 is 2.94 bits per heavy atom. The summed E-state index contributed by atoms with van der Waals surface area (Å²) >= 11 is 0. The fourth-order valence-corrected chi connectivity index (χ4v) is 2.03. The molecule has 0 saturated carbocycles. The van der Waals surface area contributed by atoms with E-state index in [9.17, 15) is 0 Å². The van der Waals surface area contributed by atoms with Crippen LogP contribution < -0.4 is 5.73 Å². The van der Waals surface area contributed by atoms with E-state index in [1.807, 2.05) is 24.7 Å². The standard InChI is InChI=1S/C14H20N4/c1-11(2)5-4-8-18-10-16-9-13(18)12-6-3-7-17-14(12)15/h3,6-7,9-11H,4-5,8H2,1-2H3,(H2,15,17). The SMILES string of the molecule is CC(C)CCCn1cncc1-c1cccnc1N. The van der Waals surface area contributed by atoms with Gasteiger partial charge in [0.15, 0.2) is 0 Å². The van der Waals surface area contributed by atoms with Crippen molar-refractivity contribution in [1.82, 2.24) is 14.5 Å². The first-order valence-electron chi connectivity index (χ1n) is 6.39. The molecule has 0 aliphatic rings. The van der Waals surface area contributed by atoms with E-state index >= 15 is 0 Å².